The number of hydrogen-bond donors (Lipinski definition) is 3. The SMILES string of the molecule is O=c1[nH]c(O)c(C=c2cnn3ccc(=NCCF)nc23)[nH]1. The quantitative estimate of drug-likeness (QED) is 0.566. The number of H-pyrrole nitrogens is 2. The number of nitrogens with zero attached hydrogens (tertiary/aromatic N) is 4. The minimum Gasteiger partial charge on any atom is -0.493 e. The lowest BCUT2D eigenvalue weighted by Gasteiger charge is -1.92. The molecule has 0 amide bonds. The third-order valence-corrected chi connectivity index (χ3v) is 2.78. The van der Waals surface area contributed by atoms with Crippen LogP contribution in [0.15, 0.2) is 28.2 Å². The van der Waals surface area contributed by atoms with Gasteiger partial charge in [0.15, 0.2) is 11.1 Å². The maximum absolute atomic E-state index is 12.1. The first-order chi connectivity index (χ1) is 10.2. The normalized spacial score (nSPS) is 13.4. The van der Waals surface area contributed by atoms with Gasteiger partial charge < -0.3 is 10.1 Å². The summed E-state index contributed by atoms with van der Waals surface area (Å²) in [5.74, 6) is -0.266. The van der Waals surface area contributed by atoms with E-state index in [-0.39, 0.29) is 18.1 Å². The number of imidazole rings is 1. The maximum atomic E-state index is 12.1. The van der Waals surface area contributed by atoms with Gasteiger partial charge in [0.2, 0.25) is 5.88 Å². The third-order valence-electron chi connectivity index (χ3n) is 2.78. The Labute approximate surface area is 116 Å². The molecule has 3 rings (SSSR count). The van der Waals surface area contributed by atoms with Crippen LogP contribution in [0.1, 0.15) is 5.69 Å². The molecule has 0 aliphatic rings. The van der Waals surface area contributed by atoms with Gasteiger partial charge in [0.1, 0.15) is 12.4 Å². The fourth-order valence-corrected chi connectivity index (χ4v) is 1.87. The Bertz CT molecular complexity index is 954. The predicted octanol–water partition coefficient (Wildman–Crippen LogP) is -1.13. The van der Waals surface area contributed by atoms with Gasteiger partial charge in [-0.2, -0.15) is 5.10 Å². The van der Waals surface area contributed by atoms with Crippen molar-refractivity contribution in [1.82, 2.24) is 24.6 Å². The molecule has 21 heavy (non-hydrogen) atoms. The van der Waals surface area contributed by atoms with Crippen LogP contribution in [0.4, 0.5) is 4.39 Å². The third kappa shape index (κ3) is 2.53. The lowest BCUT2D eigenvalue weighted by Crippen LogP contribution is -2.14. The van der Waals surface area contributed by atoms with E-state index in [9.17, 15) is 14.3 Å². The molecule has 9 heteroatoms. The van der Waals surface area contributed by atoms with Crippen molar-refractivity contribution >= 4 is 11.7 Å². The highest BCUT2D eigenvalue weighted by molar-refractivity contribution is 5.56. The zero-order valence-corrected chi connectivity index (χ0v) is 10.7. The zero-order chi connectivity index (χ0) is 14.8. The Morgan fingerprint density at radius 3 is 3.05 bits per heavy atom. The molecule has 0 spiro atoms. The minimum absolute atomic E-state index is 0.0439. The molecule has 108 valence electrons. The number of nitrogens with one attached hydrogen (secondary N) is 2. The van der Waals surface area contributed by atoms with Crippen molar-refractivity contribution in [2.75, 3.05) is 13.2 Å². The van der Waals surface area contributed by atoms with Crippen LogP contribution in [0, 0.1) is 0 Å². The molecular weight excluding hydrogens is 279 g/mol. The molecule has 0 saturated heterocycles. The molecule has 0 atom stereocenters. The Balaban J connectivity index is 2.19. The molecule has 8 nitrogen and oxygen atoms in total. The summed E-state index contributed by atoms with van der Waals surface area (Å²) >= 11 is 0. The largest absolute Gasteiger partial charge is 0.493 e. The minimum atomic E-state index is -0.552. The van der Waals surface area contributed by atoms with Crippen LogP contribution in [0.2, 0.25) is 0 Å². The van der Waals surface area contributed by atoms with Crippen molar-refractivity contribution < 1.29 is 9.50 Å². The first-order valence-electron chi connectivity index (χ1n) is 6.11. The van der Waals surface area contributed by atoms with Gasteiger partial charge in [-0.05, 0) is 6.08 Å². The van der Waals surface area contributed by atoms with Gasteiger partial charge in [-0.15, -0.1) is 0 Å². The molecule has 3 aromatic heterocycles. The molecule has 0 unspecified atom stereocenters. The van der Waals surface area contributed by atoms with Crippen molar-refractivity contribution in [2.45, 2.75) is 0 Å². The number of fused-ring (bicyclic) bond motifs is 1. The van der Waals surface area contributed by atoms with E-state index in [0.717, 1.165) is 0 Å². The summed E-state index contributed by atoms with van der Waals surface area (Å²) in [7, 11) is 0. The molecule has 3 N–H and O–H groups in total. The number of aromatic amines is 2. The predicted molar refractivity (Wildman–Crippen MR) is 71.3 cm³/mol. The summed E-state index contributed by atoms with van der Waals surface area (Å²) in [6, 6.07) is 1.62. The van der Waals surface area contributed by atoms with E-state index in [1.807, 2.05) is 0 Å². The van der Waals surface area contributed by atoms with E-state index in [0.29, 0.717) is 16.4 Å². The lowest BCUT2D eigenvalue weighted by molar-refractivity contribution is 0.454. The van der Waals surface area contributed by atoms with E-state index in [1.165, 1.54) is 16.8 Å². The second kappa shape index (κ2) is 5.19. The van der Waals surface area contributed by atoms with Gasteiger partial charge in [-0.25, -0.2) is 18.7 Å². The molecule has 0 aliphatic heterocycles. The monoisotopic (exact) mass is 290 g/mol. The van der Waals surface area contributed by atoms with E-state index in [1.54, 1.807) is 12.3 Å². The van der Waals surface area contributed by atoms with Crippen LogP contribution in [-0.4, -0.2) is 42.9 Å². The average Bonchev–Trinajstić information content (AvgIpc) is 3.00. The molecule has 0 aromatic carbocycles. The van der Waals surface area contributed by atoms with Crippen LogP contribution in [0.5, 0.6) is 5.88 Å². The molecule has 0 bridgehead atoms. The van der Waals surface area contributed by atoms with Crippen LogP contribution < -0.4 is 16.4 Å². The number of alkyl halides is 1. The number of halogens is 1. The van der Waals surface area contributed by atoms with Gasteiger partial charge in [0, 0.05) is 17.5 Å². The van der Waals surface area contributed by atoms with Crippen molar-refractivity contribution in [3.63, 3.8) is 0 Å². The summed E-state index contributed by atoms with van der Waals surface area (Å²) in [5.41, 5.74) is 0.586. The smallest absolute Gasteiger partial charge is 0.326 e. The number of hydrogen-bond acceptors (Lipinski definition) is 5. The molecule has 0 saturated carbocycles. The molecular formula is C12H11FN6O2. The van der Waals surface area contributed by atoms with Gasteiger partial charge in [0.25, 0.3) is 0 Å². The van der Waals surface area contributed by atoms with Gasteiger partial charge in [-0.3, -0.25) is 9.98 Å². The number of rotatable bonds is 3. The number of aromatic hydroxyl groups is 1. The first kappa shape index (κ1) is 13.0. The Morgan fingerprint density at radius 2 is 2.33 bits per heavy atom. The highest BCUT2D eigenvalue weighted by atomic mass is 19.1. The molecule has 0 aliphatic carbocycles. The second-order valence-corrected chi connectivity index (χ2v) is 4.21. The molecule has 0 fully saturated rings. The molecule has 0 radical (unpaired) electrons. The van der Waals surface area contributed by atoms with Crippen molar-refractivity contribution in [2.24, 2.45) is 4.99 Å². The average molecular weight is 290 g/mol. The van der Waals surface area contributed by atoms with Crippen LogP contribution >= 0.6 is 0 Å². The van der Waals surface area contributed by atoms with Gasteiger partial charge in [-0.1, -0.05) is 0 Å². The van der Waals surface area contributed by atoms with E-state index < -0.39 is 12.4 Å². The maximum Gasteiger partial charge on any atom is 0.326 e. The molecule has 3 heterocycles. The summed E-state index contributed by atoms with van der Waals surface area (Å²) in [4.78, 5) is 24.0. The summed E-state index contributed by atoms with van der Waals surface area (Å²) in [6.45, 7) is -0.508. The summed E-state index contributed by atoms with van der Waals surface area (Å²) < 4.78 is 13.7. The van der Waals surface area contributed by atoms with E-state index >= 15 is 0 Å². The summed E-state index contributed by atoms with van der Waals surface area (Å²) in [5, 5.41) is 14.2. The Kier molecular flexibility index (Phi) is 3.22. The van der Waals surface area contributed by atoms with Crippen LogP contribution in [0.25, 0.3) is 11.7 Å². The van der Waals surface area contributed by atoms with Crippen LogP contribution in [-0.2, 0) is 0 Å². The highest BCUT2D eigenvalue weighted by Crippen LogP contribution is 2.07. The molecule has 3 aromatic rings. The Morgan fingerprint density at radius 1 is 1.48 bits per heavy atom. The lowest BCUT2D eigenvalue weighted by atomic mass is 10.3. The number of aromatic nitrogens is 5. The van der Waals surface area contributed by atoms with Gasteiger partial charge in [0.05, 0.1) is 12.7 Å². The summed E-state index contributed by atoms with van der Waals surface area (Å²) in [6.07, 6.45) is 4.71. The van der Waals surface area contributed by atoms with Crippen molar-refractivity contribution in [3.05, 3.63) is 45.3 Å². The fourth-order valence-electron chi connectivity index (χ4n) is 1.87. The second-order valence-electron chi connectivity index (χ2n) is 4.21. The first-order valence-corrected chi connectivity index (χ1v) is 6.11. The zero-order valence-electron chi connectivity index (χ0n) is 10.7. The topological polar surface area (TPSA) is 111 Å². The van der Waals surface area contributed by atoms with E-state index in [2.05, 4.69) is 25.0 Å². The highest BCUT2D eigenvalue weighted by Gasteiger charge is 2.04. The standard InChI is InChI=1S/C12H11FN6O2/c13-2-3-14-9-1-4-19-10(17-9)7(6-15-19)5-8-11(20)18-12(21)16-8/h1,4-6,20H,2-3H2,(H2,16,18,21). The Hall–Kier alpha value is -2.97. The van der Waals surface area contributed by atoms with Gasteiger partial charge >= 0.3 is 5.69 Å². The fraction of sp³-hybridized carbons (Fsp3) is 0.167. The van der Waals surface area contributed by atoms with E-state index in [4.69, 9.17) is 0 Å². The van der Waals surface area contributed by atoms with Crippen LogP contribution in [0.3, 0.4) is 0 Å². The van der Waals surface area contributed by atoms with Crippen molar-refractivity contribution in [3.8, 4) is 5.88 Å². The van der Waals surface area contributed by atoms with Crippen molar-refractivity contribution in [1.29, 1.82) is 0 Å².